The largest absolute Gasteiger partial charge is 0.490 e. The molecule has 0 amide bonds. The molecular formula is C26H39NO6. The molecule has 1 aliphatic carbocycles. The van der Waals surface area contributed by atoms with Crippen molar-refractivity contribution >= 4 is 11.9 Å². The van der Waals surface area contributed by atoms with E-state index in [1.807, 2.05) is 13.8 Å². The molecule has 0 unspecified atom stereocenters. The van der Waals surface area contributed by atoms with Gasteiger partial charge in [-0.2, -0.15) is 0 Å². The second-order valence-corrected chi connectivity index (χ2v) is 8.71. The Morgan fingerprint density at radius 2 is 1.36 bits per heavy atom. The minimum Gasteiger partial charge on any atom is -0.490 e. The molecule has 0 saturated heterocycles. The van der Waals surface area contributed by atoms with Crippen LogP contribution in [0.15, 0.2) is 12.1 Å². The van der Waals surface area contributed by atoms with Crippen LogP contribution in [-0.4, -0.2) is 56.4 Å². The molecular weight excluding hydrogens is 422 g/mol. The van der Waals surface area contributed by atoms with Crippen LogP contribution >= 0.6 is 0 Å². The minimum atomic E-state index is -1.23. The molecule has 0 atom stereocenters. The van der Waals surface area contributed by atoms with Crippen LogP contribution in [0.1, 0.15) is 71.4 Å². The van der Waals surface area contributed by atoms with Crippen LogP contribution in [-0.2, 0) is 31.0 Å². The SMILES string of the molecule is CCOC(=O)C1(C(=O)OCC)CCC2(CC1)c1cc(OCC)c(OCC)cc1CCN2CC. The topological polar surface area (TPSA) is 74.3 Å². The van der Waals surface area contributed by atoms with Crippen LogP contribution in [0.25, 0.3) is 0 Å². The van der Waals surface area contributed by atoms with E-state index in [9.17, 15) is 9.59 Å². The Morgan fingerprint density at radius 1 is 0.818 bits per heavy atom. The summed E-state index contributed by atoms with van der Waals surface area (Å²) in [6.45, 7) is 13.1. The maximum absolute atomic E-state index is 13.0. The number of nitrogens with zero attached hydrogens (tertiary/aromatic N) is 1. The van der Waals surface area contributed by atoms with Crippen molar-refractivity contribution in [3.8, 4) is 11.5 Å². The fourth-order valence-corrected chi connectivity index (χ4v) is 5.59. The van der Waals surface area contributed by atoms with Gasteiger partial charge in [0, 0.05) is 12.1 Å². The van der Waals surface area contributed by atoms with E-state index < -0.39 is 17.4 Å². The summed E-state index contributed by atoms with van der Waals surface area (Å²) >= 11 is 0. The molecule has 1 aliphatic heterocycles. The maximum Gasteiger partial charge on any atom is 0.323 e. The lowest BCUT2D eigenvalue weighted by Crippen LogP contribution is -2.56. The number of fused-ring (bicyclic) bond motifs is 2. The monoisotopic (exact) mass is 461 g/mol. The van der Waals surface area contributed by atoms with E-state index in [0.29, 0.717) is 38.9 Å². The molecule has 1 saturated carbocycles. The number of esters is 2. The van der Waals surface area contributed by atoms with Gasteiger partial charge in [0.25, 0.3) is 0 Å². The first kappa shape index (κ1) is 25.3. The molecule has 1 aromatic rings. The highest BCUT2D eigenvalue weighted by atomic mass is 16.6. The lowest BCUT2D eigenvalue weighted by Gasteiger charge is -2.53. The van der Waals surface area contributed by atoms with Gasteiger partial charge >= 0.3 is 11.9 Å². The van der Waals surface area contributed by atoms with Gasteiger partial charge in [0.1, 0.15) is 0 Å². The van der Waals surface area contributed by atoms with Crippen LogP contribution in [0.3, 0.4) is 0 Å². The van der Waals surface area contributed by atoms with Gasteiger partial charge in [0.15, 0.2) is 16.9 Å². The second-order valence-electron chi connectivity index (χ2n) is 8.71. The average Bonchev–Trinajstić information content (AvgIpc) is 2.81. The van der Waals surface area contributed by atoms with Gasteiger partial charge in [-0.15, -0.1) is 0 Å². The molecule has 1 fully saturated rings. The second kappa shape index (κ2) is 10.8. The Kier molecular flexibility index (Phi) is 8.27. The van der Waals surface area contributed by atoms with Gasteiger partial charge in [0.2, 0.25) is 0 Å². The van der Waals surface area contributed by atoms with Gasteiger partial charge in [0.05, 0.1) is 26.4 Å². The van der Waals surface area contributed by atoms with Crippen molar-refractivity contribution in [2.75, 3.05) is 39.5 Å². The van der Waals surface area contributed by atoms with E-state index in [1.165, 1.54) is 11.1 Å². The number of carbonyl (C=O) groups excluding carboxylic acids is 2. The summed E-state index contributed by atoms with van der Waals surface area (Å²) in [4.78, 5) is 28.5. The number of carbonyl (C=O) groups is 2. The Morgan fingerprint density at radius 3 is 1.85 bits per heavy atom. The van der Waals surface area contributed by atoms with E-state index in [1.54, 1.807) is 13.8 Å². The van der Waals surface area contributed by atoms with Gasteiger partial charge in [-0.05, 0) is 89.6 Å². The minimum absolute atomic E-state index is 0.243. The first-order valence-electron chi connectivity index (χ1n) is 12.4. The van der Waals surface area contributed by atoms with E-state index in [2.05, 4.69) is 24.0 Å². The highest BCUT2D eigenvalue weighted by Gasteiger charge is 2.56. The Hall–Kier alpha value is -2.28. The van der Waals surface area contributed by atoms with Crippen LogP contribution in [0, 0.1) is 5.41 Å². The Bertz CT molecular complexity index is 823. The Balaban J connectivity index is 2.03. The van der Waals surface area contributed by atoms with Crippen molar-refractivity contribution in [3.05, 3.63) is 23.3 Å². The van der Waals surface area contributed by atoms with Crippen LogP contribution in [0.5, 0.6) is 11.5 Å². The van der Waals surface area contributed by atoms with Crippen LogP contribution in [0.2, 0.25) is 0 Å². The lowest BCUT2D eigenvalue weighted by molar-refractivity contribution is -0.177. The van der Waals surface area contributed by atoms with Crippen molar-refractivity contribution in [1.82, 2.24) is 4.90 Å². The van der Waals surface area contributed by atoms with Crippen molar-refractivity contribution in [2.24, 2.45) is 5.41 Å². The van der Waals surface area contributed by atoms with Crippen molar-refractivity contribution in [3.63, 3.8) is 0 Å². The number of likely N-dealkylation sites (N-methyl/N-ethyl adjacent to an activating group) is 1. The van der Waals surface area contributed by atoms with E-state index in [0.717, 1.165) is 31.0 Å². The number of benzene rings is 1. The number of hydrogen-bond donors (Lipinski definition) is 0. The maximum atomic E-state index is 13.0. The summed E-state index contributed by atoms with van der Waals surface area (Å²) in [5.41, 5.74) is 0.985. The van der Waals surface area contributed by atoms with Gasteiger partial charge in [-0.1, -0.05) is 6.92 Å². The third-order valence-electron chi connectivity index (χ3n) is 7.17. The normalized spacial score (nSPS) is 18.9. The summed E-state index contributed by atoms with van der Waals surface area (Å²) in [7, 11) is 0. The predicted molar refractivity (Wildman–Crippen MR) is 126 cm³/mol. The molecule has 1 spiro atoms. The molecule has 1 heterocycles. The highest BCUT2D eigenvalue weighted by molar-refractivity contribution is 6.00. The van der Waals surface area contributed by atoms with Crippen molar-refractivity contribution in [2.45, 2.75) is 72.3 Å². The fraction of sp³-hybridized carbons (Fsp3) is 0.692. The first-order chi connectivity index (χ1) is 15.9. The Labute approximate surface area is 197 Å². The van der Waals surface area contributed by atoms with Crippen LogP contribution in [0.4, 0.5) is 0 Å². The number of rotatable bonds is 9. The van der Waals surface area contributed by atoms with Gasteiger partial charge < -0.3 is 18.9 Å². The molecule has 3 rings (SSSR count). The third-order valence-corrected chi connectivity index (χ3v) is 7.17. The average molecular weight is 462 g/mol. The molecule has 0 bridgehead atoms. The third kappa shape index (κ3) is 4.57. The lowest BCUT2D eigenvalue weighted by atomic mass is 9.62. The zero-order valence-corrected chi connectivity index (χ0v) is 20.8. The molecule has 7 heteroatoms. The molecule has 0 aromatic heterocycles. The zero-order chi connectivity index (χ0) is 24.1. The quantitative estimate of drug-likeness (QED) is 0.402. The summed E-state index contributed by atoms with van der Waals surface area (Å²) in [6.07, 6.45) is 3.07. The molecule has 33 heavy (non-hydrogen) atoms. The van der Waals surface area contributed by atoms with Crippen molar-refractivity contribution in [1.29, 1.82) is 0 Å². The molecule has 2 aliphatic rings. The van der Waals surface area contributed by atoms with Crippen LogP contribution < -0.4 is 9.47 Å². The molecule has 0 radical (unpaired) electrons. The van der Waals surface area contributed by atoms with Crippen molar-refractivity contribution < 1.29 is 28.5 Å². The fourth-order valence-electron chi connectivity index (χ4n) is 5.59. The zero-order valence-electron chi connectivity index (χ0n) is 20.8. The van der Waals surface area contributed by atoms with Gasteiger partial charge in [-0.3, -0.25) is 14.5 Å². The predicted octanol–water partition coefficient (Wildman–Crippen LogP) is 4.24. The van der Waals surface area contributed by atoms with Gasteiger partial charge in [-0.25, -0.2) is 0 Å². The standard InChI is InChI=1S/C26H39NO6/c1-6-27-16-11-19-17-21(30-7-2)22(31-8-3)18-20(19)26(27)14-12-25(13-15-26,23(28)32-9-4)24(29)33-10-5/h17-18H,6-16H2,1-5H3. The summed E-state index contributed by atoms with van der Waals surface area (Å²) in [5.74, 6) is 0.614. The summed E-state index contributed by atoms with van der Waals surface area (Å²) in [5, 5.41) is 0. The molecule has 0 N–H and O–H groups in total. The number of hydrogen-bond acceptors (Lipinski definition) is 7. The number of ether oxygens (including phenoxy) is 4. The molecule has 184 valence electrons. The summed E-state index contributed by atoms with van der Waals surface area (Å²) < 4.78 is 22.5. The first-order valence-corrected chi connectivity index (χ1v) is 12.4. The smallest absolute Gasteiger partial charge is 0.323 e. The summed E-state index contributed by atoms with van der Waals surface area (Å²) in [6, 6.07) is 4.25. The van der Waals surface area contributed by atoms with E-state index >= 15 is 0 Å². The van der Waals surface area contributed by atoms with E-state index in [-0.39, 0.29) is 18.8 Å². The molecule has 7 nitrogen and oxygen atoms in total. The highest BCUT2D eigenvalue weighted by Crippen LogP contribution is 2.53. The molecule has 1 aromatic carbocycles. The van der Waals surface area contributed by atoms with E-state index in [4.69, 9.17) is 18.9 Å².